The van der Waals surface area contributed by atoms with Gasteiger partial charge in [-0.3, -0.25) is 4.79 Å². The molecule has 20 heavy (non-hydrogen) atoms. The van der Waals surface area contributed by atoms with Crippen LogP contribution in [0.4, 0.5) is 0 Å². The van der Waals surface area contributed by atoms with Gasteiger partial charge in [0.2, 0.25) is 0 Å². The monoisotopic (exact) mass is 273 g/mol. The Balaban J connectivity index is 1.88. The minimum absolute atomic E-state index is 0.0948. The topological polar surface area (TPSA) is 67.2 Å². The first-order chi connectivity index (χ1) is 9.66. The van der Waals surface area contributed by atoms with Gasteiger partial charge in [-0.2, -0.15) is 5.10 Å². The van der Waals surface area contributed by atoms with E-state index < -0.39 is 0 Å². The molecule has 5 nitrogen and oxygen atoms in total. The largest absolute Gasteiger partial charge is 0.393 e. The Bertz CT molecular complexity index is 533. The lowest BCUT2D eigenvalue weighted by molar-refractivity contribution is 0.0949. The number of aromatic nitrogens is 2. The molecular weight excluding hydrogens is 254 g/mol. The summed E-state index contributed by atoms with van der Waals surface area (Å²) in [5.41, 5.74) is 1.54. The molecule has 1 heterocycles. The van der Waals surface area contributed by atoms with Crippen molar-refractivity contribution in [2.24, 2.45) is 0 Å². The Kier molecular flexibility index (Phi) is 4.90. The lowest BCUT2D eigenvalue weighted by Crippen LogP contribution is -2.25. The summed E-state index contributed by atoms with van der Waals surface area (Å²) in [6.07, 6.45) is 4.71. The Morgan fingerprint density at radius 1 is 1.40 bits per heavy atom. The molecule has 0 fully saturated rings. The quantitative estimate of drug-likeness (QED) is 0.788. The van der Waals surface area contributed by atoms with E-state index in [0.717, 1.165) is 12.1 Å². The number of nitrogens with zero attached hydrogens (tertiary/aromatic N) is 2. The van der Waals surface area contributed by atoms with Gasteiger partial charge in [0.1, 0.15) is 0 Å². The first kappa shape index (κ1) is 14.3. The number of carbonyl (C=O) groups is 1. The van der Waals surface area contributed by atoms with Crippen LogP contribution in [0.1, 0.15) is 30.1 Å². The van der Waals surface area contributed by atoms with E-state index in [1.807, 2.05) is 24.4 Å². The summed E-state index contributed by atoms with van der Waals surface area (Å²) in [5.74, 6) is -0.0948. The summed E-state index contributed by atoms with van der Waals surface area (Å²) in [6.45, 7) is 2.32. The molecule has 0 radical (unpaired) electrons. The van der Waals surface area contributed by atoms with Gasteiger partial charge in [0, 0.05) is 24.5 Å². The van der Waals surface area contributed by atoms with Crippen molar-refractivity contribution < 1.29 is 9.90 Å². The van der Waals surface area contributed by atoms with Crippen LogP contribution in [0.25, 0.3) is 5.69 Å². The molecule has 2 aromatic rings. The van der Waals surface area contributed by atoms with Crippen LogP contribution in [-0.4, -0.2) is 33.4 Å². The van der Waals surface area contributed by atoms with Crippen LogP contribution in [0.3, 0.4) is 0 Å². The summed E-state index contributed by atoms with van der Waals surface area (Å²) in [5, 5.41) is 16.1. The maximum atomic E-state index is 11.9. The van der Waals surface area contributed by atoms with Crippen molar-refractivity contribution in [2.75, 3.05) is 6.54 Å². The van der Waals surface area contributed by atoms with E-state index in [-0.39, 0.29) is 12.0 Å². The third-order valence-corrected chi connectivity index (χ3v) is 2.98. The zero-order valence-electron chi connectivity index (χ0n) is 11.5. The minimum Gasteiger partial charge on any atom is -0.393 e. The van der Waals surface area contributed by atoms with Crippen LogP contribution in [0, 0.1) is 0 Å². The highest BCUT2D eigenvalue weighted by molar-refractivity contribution is 5.94. The first-order valence-corrected chi connectivity index (χ1v) is 6.73. The molecule has 0 bridgehead atoms. The van der Waals surface area contributed by atoms with Crippen LogP contribution in [0.2, 0.25) is 0 Å². The Hall–Kier alpha value is -2.14. The first-order valence-electron chi connectivity index (χ1n) is 6.73. The summed E-state index contributed by atoms with van der Waals surface area (Å²) >= 11 is 0. The summed E-state index contributed by atoms with van der Waals surface area (Å²) < 4.78 is 1.74. The molecule has 0 aliphatic heterocycles. The molecule has 1 unspecified atom stereocenters. The molecule has 0 spiro atoms. The number of hydrogen-bond acceptors (Lipinski definition) is 3. The Morgan fingerprint density at radius 2 is 2.15 bits per heavy atom. The van der Waals surface area contributed by atoms with Crippen molar-refractivity contribution in [2.45, 2.75) is 25.9 Å². The van der Waals surface area contributed by atoms with Gasteiger partial charge in [-0.25, -0.2) is 4.68 Å². The van der Waals surface area contributed by atoms with Crippen molar-refractivity contribution >= 4 is 5.91 Å². The van der Waals surface area contributed by atoms with Crippen molar-refractivity contribution in [3.63, 3.8) is 0 Å². The van der Waals surface area contributed by atoms with Crippen molar-refractivity contribution in [3.8, 4) is 5.69 Å². The highest BCUT2D eigenvalue weighted by atomic mass is 16.3. The molecule has 2 rings (SSSR count). The maximum absolute atomic E-state index is 11.9. The van der Waals surface area contributed by atoms with Gasteiger partial charge in [0.05, 0.1) is 11.8 Å². The second kappa shape index (κ2) is 6.86. The summed E-state index contributed by atoms with van der Waals surface area (Å²) in [7, 11) is 0. The molecule has 1 atom stereocenters. The standard InChI is InChI=1S/C15H19N3O2/c1-12(19)4-2-9-16-15(20)13-5-7-14(8-6-13)18-11-3-10-17-18/h3,5-8,10-12,19H,2,4,9H2,1H3,(H,16,20). The van der Waals surface area contributed by atoms with E-state index in [2.05, 4.69) is 10.4 Å². The van der Waals surface area contributed by atoms with Crippen molar-refractivity contribution in [1.29, 1.82) is 0 Å². The zero-order chi connectivity index (χ0) is 14.4. The third kappa shape index (κ3) is 3.93. The normalized spacial score (nSPS) is 12.1. The number of nitrogens with one attached hydrogen (secondary N) is 1. The van der Waals surface area contributed by atoms with Gasteiger partial charge in [-0.1, -0.05) is 0 Å². The van der Waals surface area contributed by atoms with Gasteiger partial charge < -0.3 is 10.4 Å². The van der Waals surface area contributed by atoms with Gasteiger partial charge in [0.25, 0.3) is 5.91 Å². The Labute approximate surface area is 118 Å². The van der Waals surface area contributed by atoms with Crippen molar-refractivity contribution in [1.82, 2.24) is 15.1 Å². The predicted molar refractivity (Wildman–Crippen MR) is 76.8 cm³/mol. The number of benzene rings is 1. The molecule has 1 amide bonds. The fourth-order valence-corrected chi connectivity index (χ4v) is 1.89. The van der Waals surface area contributed by atoms with E-state index in [1.165, 1.54) is 0 Å². The van der Waals surface area contributed by atoms with Gasteiger partial charge in [-0.15, -0.1) is 0 Å². The molecule has 106 valence electrons. The number of aliphatic hydroxyl groups excluding tert-OH is 1. The average molecular weight is 273 g/mol. The van der Waals surface area contributed by atoms with Crippen LogP contribution < -0.4 is 5.32 Å². The van der Waals surface area contributed by atoms with Gasteiger partial charge in [0.15, 0.2) is 0 Å². The van der Waals surface area contributed by atoms with Crippen LogP contribution >= 0.6 is 0 Å². The van der Waals surface area contributed by atoms with E-state index in [4.69, 9.17) is 5.11 Å². The van der Waals surface area contributed by atoms with Crippen molar-refractivity contribution in [3.05, 3.63) is 48.3 Å². The van der Waals surface area contributed by atoms with Gasteiger partial charge in [-0.05, 0) is 50.1 Å². The van der Waals surface area contributed by atoms with Crippen LogP contribution in [0.5, 0.6) is 0 Å². The molecule has 1 aromatic heterocycles. The van der Waals surface area contributed by atoms with E-state index in [0.29, 0.717) is 18.5 Å². The second-order valence-electron chi connectivity index (χ2n) is 4.74. The molecular formula is C15H19N3O2. The predicted octanol–water partition coefficient (Wildman–Crippen LogP) is 1.76. The molecule has 1 aromatic carbocycles. The third-order valence-electron chi connectivity index (χ3n) is 2.98. The average Bonchev–Trinajstić information content (AvgIpc) is 2.97. The minimum atomic E-state index is -0.319. The molecule has 2 N–H and O–H groups in total. The number of aliphatic hydroxyl groups is 1. The number of hydrogen-bond donors (Lipinski definition) is 2. The number of carbonyl (C=O) groups excluding carboxylic acids is 1. The SMILES string of the molecule is CC(O)CCCNC(=O)c1ccc(-n2cccn2)cc1. The maximum Gasteiger partial charge on any atom is 0.251 e. The van der Waals surface area contributed by atoms with Crippen LogP contribution in [-0.2, 0) is 0 Å². The lowest BCUT2D eigenvalue weighted by Gasteiger charge is -2.07. The smallest absolute Gasteiger partial charge is 0.251 e. The molecule has 5 heteroatoms. The number of amides is 1. The van der Waals surface area contributed by atoms with Gasteiger partial charge >= 0.3 is 0 Å². The molecule has 0 aliphatic rings. The molecule has 0 aliphatic carbocycles. The second-order valence-corrected chi connectivity index (χ2v) is 4.74. The highest BCUT2D eigenvalue weighted by Crippen LogP contribution is 2.08. The van der Waals surface area contributed by atoms with E-state index >= 15 is 0 Å². The summed E-state index contributed by atoms with van der Waals surface area (Å²) in [4.78, 5) is 11.9. The fraction of sp³-hybridized carbons (Fsp3) is 0.333. The summed E-state index contributed by atoms with van der Waals surface area (Å²) in [6, 6.07) is 9.13. The number of rotatable bonds is 6. The molecule has 0 saturated carbocycles. The van der Waals surface area contributed by atoms with E-state index in [1.54, 1.807) is 29.9 Å². The van der Waals surface area contributed by atoms with E-state index in [9.17, 15) is 4.79 Å². The molecule has 0 saturated heterocycles. The zero-order valence-corrected chi connectivity index (χ0v) is 11.5. The fourth-order valence-electron chi connectivity index (χ4n) is 1.89. The highest BCUT2D eigenvalue weighted by Gasteiger charge is 2.05. The lowest BCUT2D eigenvalue weighted by atomic mass is 10.2. The van der Waals surface area contributed by atoms with Crippen LogP contribution in [0.15, 0.2) is 42.7 Å². The Morgan fingerprint density at radius 3 is 2.75 bits per heavy atom.